The molecule has 0 aliphatic carbocycles. The Morgan fingerprint density at radius 1 is 1.11 bits per heavy atom. The molecule has 1 heterocycles. The largest absolute Gasteiger partial charge is 0.326 e. The number of anilines is 1. The van der Waals surface area contributed by atoms with Crippen molar-refractivity contribution in [2.24, 2.45) is 0 Å². The number of nitrogens with one attached hydrogen (secondary N) is 2. The lowest BCUT2D eigenvalue weighted by Crippen LogP contribution is -2.35. The molecule has 1 aromatic carbocycles. The number of rotatable bonds is 10. The first-order valence-electron chi connectivity index (χ1n) is 9.34. The molecular formula is C18H28N2O5S2. The quantitative estimate of drug-likeness (QED) is 0.569. The van der Waals surface area contributed by atoms with Crippen molar-refractivity contribution >= 4 is 31.5 Å². The van der Waals surface area contributed by atoms with Crippen molar-refractivity contribution in [3.8, 4) is 0 Å². The maximum absolute atomic E-state index is 12.4. The first-order valence-corrected chi connectivity index (χ1v) is 12.6. The average Bonchev–Trinajstić information content (AvgIpc) is 2.93. The van der Waals surface area contributed by atoms with Crippen LogP contribution in [0.5, 0.6) is 0 Å². The van der Waals surface area contributed by atoms with Gasteiger partial charge >= 0.3 is 0 Å². The minimum absolute atomic E-state index is 0.00357. The number of carbonyl (C=O) groups excluding carboxylic acids is 1. The zero-order valence-electron chi connectivity index (χ0n) is 15.6. The summed E-state index contributed by atoms with van der Waals surface area (Å²) in [5.74, 6) is -0.251. The molecule has 9 heteroatoms. The maximum atomic E-state index is 12.4. The normalized spacial score (nSPS) is 19.1. The number of benzene rings is 1. The number of hydrogen-bond acceptors (Lipinski definition) is 5. The molecule has 1 atom stereocenters. The number of unbranched alkanes of at least 4 members (excludes halogenated alkanes) is 4. The van der Waals surface area contributed by atoms with Gasteiger partial charge in [-0.15, -0.1) is 0 Å². The van der Waals surface area contributed by atoms with Crippen LogP contribution >= 0.6 is 0 Å². The van der Waals surface area contributed by atoms with Gasteiger partial charge in [0.2, 0.25) is 15.9 Å². The highest BCUT2D eigenvalue weighted by Gasteiger charge is 2.31. The summed E-state index contributed by atoms with van der Waals surface area (Å²) >= 11 is 0. The van der Waals surface area contributed by atoms with E-state index in [2.05, 4.69) is 17.0 Å². The minimum Gasteiger partial charge on any atom is -0.326 e. The maximum Gasteiger partial charge on any atom is 0.240 e. The van der Waals surface area contributed by atoms with Crippen LogP contribution in [0.2, 0.25) is 0 Å². The first kappa shape index (κ1) is 21.8. The molecule has 0 bridgehead atoms. The zero-order chi connectivity index (χ0) is 19.9. The molecule has 27 heavy (non-hydrogen) atoms. The van der Waals surface area contributed by atoms with Crippen LogP contribution in [-0.4, -0.2) is 40.3 Å². The minimum atomic E-state index is -3.79. The first-order chi connectivity index (χ1) is 12.7. The van der Waals surface area contributed by atoms with E-state index in [4.69, 9.17) is 0 Å². The van der Waals surface area contributed by atoms with Crippen LogP contribution in [-0.2, 0) is 24.7 Å². The van der Waals surface area contributed by atoms with Crippen molar-refractivity contribution < 1.29 is 21.6 Å². The van der Waals surface area contributed by atoms with Crippen LogP contribution in [0.15, 0.2) is 29.2 Å². The van der Waals surface area contributed by atoms with Gasteiger partial charge in [-0.3, -0.25) is 4.79 Å². The summed E-state index contributed by atoms with van der Waals surface area (Å²) in [7, 11) is -6.95. The van der Waals surface area contributed by atoms with E-state index in [1.807, 2.05) is 0 Å². The second kappa shape index (κ2) is 9.66. The van der Waals surface area contributed by atoms with Gasteiger partial charge in [0.25, 0.3) is 0 Å². The summed E-state index contributed by atoms with van der Waals surface area (Å²) in [6.07, 6.45) is 6.07. The lowest BCUT2D eigenvalue weighted by atomic mass is 10.1. The van der Waals surface area contributed by atoms with Crippen molar-refractivity contribution in [1.82, 2.24) is 4.72 Å². The predicted molar refractivity (Wildman–Crippen MR) is 106 cm³/mol. The topological polar surface area (TPSA) is 109 Å². The Bertz CT molecular complexity index is 833. The van der Waals surface area contributed by atoms with Crippen LogP contribution in [0, 0.1) is 0 Å². The highest BCUT2D eigenvalue weighted by Crippen LogP contribution is 2.18. The van der Waals surface area contributed by atoms with E-state index in [0.717, 1.165) is 25.7 Å². The Morgan fingerprint density at radius 3 is 2.37 bits per heavy atom. The highest BCUT2D eigenvalue weighted by molar-refractivity contribution is 7.92. The Balaban J connectivity index is 1.85. The number of carbonyl (C=O) groups is 1. The fourth-order valence-corrected chi connectivity index (χ4v) is 6.05. The van der Waals surface area contributed by atoms with Crippen LogP contribution in [0.3, 0.4) is 0 Å². The molecule has 152 valence electrons. The number of sulfonamides is 1. The molecule has 0 saturated carbocycles. The molecule has 1 amide bonds. The summed E-state index contributed by atoms with van der Waals surface area (Å²) < 4.78 is 50.1. The average molecular weight is 417 g/mol. The monoisotopic (exact) mass is 416 g/mol. The number of amides is 1. The molecule has 1 saturated heterocycles. The molecule has 0 aromatic heterocycles. The van der Waals surface area contributed by atoms with Crippen molar-refractivity contribution in [2.75, 3.05) is 16.8 Å². The van der Waals surface area contributed by atoms with Gasteiger partial charge in [-0.2, -0.15) is 0 Å². The fourth-order valence-electron chi connectivity index (χ4n) is 3.01. The SMILES string of the molecule is CCCCCCCC(=O)Nc1ccc(S(=O)(=O)N[C@H]2CCS(=O)(=O)C2)cc1. The third-order valence-electron chi connectivity index (χ3n) is 4.51. The molecule has 7 nitrogen and oxygen atoms in total. The van der Waals surface area contributed by atoms with Gasteiger partial charge in [-0.05, 0) is 37.1 Å². The molecule has 0 unspecified atom stereocenters. The standard InChI is InChI=1S/C18H28N2O5S2/c1-2-3-4-5-6-7-18(21)19-15-8-10-17(11-9-15)27(24,25)20-16-12-13-26(22,23)14-16/h8-11,16,20H,2-7,12-14H2,1H3,(H,19,21)/t16-/m0/s1. The van der Waals surface area contributed by atoms with Crippen molar-refractivity contribution in [3.05, 3.63) is 24.3 Å². The predicted octanol–water partition coefficient (Wildman–Crippen LogP) is 2.45. The van der Waals surface area contributed by atoms with Crippen molar-refractivity contribution in [3.63, 3.8) is 0 Å². The lowest BCUT2D eigenvalue weighted by Gasteiger charge is -2.12. The molecule has 0 radical (unpaired) electrons. The van der Waals surface area contributed by atoms with Gasteiger partial charge in [0.1, 0.15) is 0 Å². The Labute approximate surface area is 161 Å². The highest BCUT2D eigenvalue weighted by atomic mass is 32.2. The van der Waals surface area contributed by atoms with Gasteiger partial charge < -0.3 is 5.32 Å². The van der Waals surface area contributed by atoms with Gasteiger partial charge in [0.05, 0.1) is 16.4 Å². The third-order valence-corrected chi connectivity index (χ3v) is 7.81. The second-order valence-corrected chi connectivity index (χ2v) is 10.9. The lowest BCUT2D eigenvalue weighted by molar-refractivity contribution is -0.116. The van der Waals surface area contributed by atoms with E-state index in [0.29, 0.717) is 12.1 Å². The zero-order valence-corrected chi connectivity index (χ0v) is 17.2. The molecular weight excluding hydrogens is 388 g/mol. The summed E-state index contributed by atoms with van der Waals surface area (Å²) in [6.45, 7) is 2.14. The van der Waals surface area contributed by atoms with Crippen molar-refractivity contribution in [1.29, 1.82) is 0 Å². The van der Waals surface area contributed by atoms with Crippen LogP contribution in [0.25, 0.3) is 0 Å². The van der Waals surface area contributed by atoms with Gasteiger partial charge in [-0.25, -0.2) is 21.6 Å². The molecule has 1 aromatic rings. The molecule has 2 N–H and O–H groups in total. The molecule has 1 aliphatic heterocycles. The summed E-state index contributed by atoms with van der Waals surface area (Å²) in [6, 6.07) is 5.29. The van der Waals surface area contributed by atoms with E-state index in [1.165, 1.54) is 30.7 Å². The molecule has 2 rings (SSSR count). The van der Waals surface area contributed by atoms with E-state index >= 15 is 0 Å². The summed E-state index contributed by atoms with van der Waals surface area (Å²) in [5.41, 5.74) is 0.538. The molecule has 0 spiro atoms. The summed E-state index contributed by atoms with van der Waals surface area (Å²) in [5, 5.41) is 2.76. The Hall–Kier alpha value is -1.45. The van der Waals surface area contributed by atoms with Crippen LogP contribution < -0.4 is 10.0 Å². The fraction of sp³-hybridized carbons (Fsp3) is 0.611. The molecule has 1 fully saturated rings. The van der Waals surface area contributed by atoms with Crippen LogP contribution in [0.1, 0.15) is 51.9 Å². The van der Waals surface area contributed by atoms with Gasteiger partial charge in [0, 0.05) is 18.2 Å². The number of sulfone groups is 1. The second-order valence-electron chi connectivity index (χ2n) is 6.96. The van der Waals surface area contributed by atoms with Gasteiger partial charge in [0.15, 0.2) is 9.84 Å². The molecule has 1 aliphatic rings. The third kappa shape index (κ3) is 7.23. The van der Waals surface area contributed by atoms with E-state index in [-0.39, 0.29) is 28.7 Å². The summed E-state index contributed by atoms with van der Waals surface area (Å²) in [4.78, 5) is 12.0. The Kier molecular flexibility index (Phi) is 7.81. The smallest absolute Gasteiger partial charge is 0.240 e. The van der Waals surface area contributed by atoms with Crippen LogP contribution in [0.4, 0.5) is 5.69 Å². The van der Waals surface area contributed by atoms with Crippen molar-refractivity contribution in [2.45, 2.75) is 62.8 Å². The van der Waals surface area contributed by atoms with E-state index in [1.54, 1.807) is 0 Å². The van der Waals surface area contributed by atoms with Gasteiger partial charge in [-0.1, -0.05) is 32.6 Å². The van der Waals surface area contributed by atoms with E-state index < -0.39 is 25.9 Å². The Morgan fingerprint density at radius 2 is 1.78 bits per heavy atom. The number of hydrogen-bond donors (Lipinski definition) is 2. The van der Waals surface area contributed by atoms with E-state index in [9.17, 15) is 21.6 Å².